The Hall–Kier alpha value is -0.450. The Morgan fingerprint density at radius 3 is 2.56 bits per heavy atom. The van der Waals surface area contributed by atoms with E-state index in [1.165, 1.54) is 10.7 Å². The van der Waals surface area contributed by atoms with Gasteiger partial charge < -0.3 is 10.2 Å². The van der Waals surface area contributed by atoms with Gasteiger partial charge in [-0.25, -0.2) is 4.98 Å². The van der Waals surface area contributed by atoms with Gasteiger partial charge in [0, 0.05) is 23.4 Å². The number of rotatable bonds is 2. The van der Waals surface area contributed by atoms with Crippen molar-refractivity contribution in [3.63, 3.8) is 0 Å². The van der Waals surface area contributed by atoms with Crippen molar-refractivity contribution in [2.24, 2.45) is 0 Å². The van der Waals surface area contributed by atoms with Gasteiger partial charge in [0.15, 0.2) is 0 Å². The third kappa shape index (κ3) is 2.33. The minimum atomic E-state index is 0.0440. The first kappa shape index (κ1) is 14.0. The van der Waals surface area contributed by atoms with Crippen molar-refractivity contribution in [1.82, 2.24) is 15.2 Å². The number of hydrogen-bond acceptors (Lipinski definition) is 4. The van der Waals surface area contributed by atoms with Gasteiger partial charge in [0.1, 0.15) is 5.01 Å². The third-order valence-electron chi connectivity index (χ3n) is 4.08. The maximum absolute atomic E-state index is 4.90. The van der Waals surface area contributed by atoms with Gasteiger partial charge in [0.25, 0.3) is 0 Å². The Morgan fingerprint density at radius 2 is 2.17 bits per heavy atom. The van der Waals surface area contributed by atoms with Crippen LogP contribution in [0.4, 0.5) is 0 Å². The van der Waals surface area contributed by atoms with Crippen LogP contribution in [-0.2, 0) is 11.0 Å². The summed E-state index contributed by atoms with van der Waals surface area (Å²) in [5.74, 6) is 0. The lowest BCUT2D eigenvalue weighted by Crippen LogP contribution is -2.42. The third-order valence-corrected chi connectivity index (χ3v) is 5.12. The number of aromatic nitrogens is 1. The molecule has 102 valence electrons. The van der Waals surface area contributed by atoms with Crippen LogP contribution in [-0.4, -0.2) is 36.6 Å². The molecule has 1 aliphatic rings. The summed E-state index contributed by atoms with van der Waals surface area (Å²) in [4.78, 5) is 7.32. The van der Waals surface area contributed by atoms with E-state index in [9.17, 15) is 0 Å². The molecule has 2 rings (SSSR count). The van der Waals surface area contributed by atoms with E-state index >= 15 is 0 Å². The maximum Gasteiger partial charge on any atom is 0.114 e. The van der Waals surface area contributed by atoms with Gasteiger partial charge in [-0.3, -0.25) is 0 Å². The molecular weight excluding hydrogens is 242 g/mol. The van der Waals surface area contributed by atoms with Crippen molar-refractivity contribution in [2.45, 2.75) is 51.1 Å². The molecule has 1 saturated heterocycles. The van der Waals surface area contributed by atoms with Crippen molar-refractivity contribution in [1.29, 1.82) is 0 Å². The van der Waals surface area contributed by atoms with Crippen LogP contribution in [0.3, 0.4) is 0 Å². The second kappa shape index (κ2) is 4.58. The molecule has 0 radical (unpaired) electrons. The largest absolute Gasteiger partial charge is 0.307 e. The molecule has 1 aromatic rings. The normalized spacial score (nSPS) is 30.0. The van der Waals surface area contributed by atoms with E-state index in [1.807, 2.05) is 0 Å². The van der Waals surface area contributed by atoms with Gasteiger partial charge in [-0.15, -0.1) is 11.3 Å². The van der Waals surface area contributed by atoms with E-state index in [2.05, 4.69) is 57.4 Å². The van der Waals surface area contributed by atoms with E-state index in [1.54, 1.807) is 11.3 Å². The number of thiazole rings is 1. The molecular formula is C14H25N3S. The fourth-order valence-corrected chi connectivity index (χ4v) is 3.84. The van der Waals surface area contributed by atoms with Crippen molar-refractivity contribution < 1.29 is 0 Å². The molecule has 1 N–H and O–H groups in total. The molecule has 0 bridgehead atoms. The van der Waals surface area contributed by atoms with Gasteiger partial charge in [0.05, 0.1) is 11.2 Å². The molecule has 0 spiro atoms. The number of likely N-dealkylation sites (tertiary alicyclic amines) is 1. The van der Waals surface area contributed by atoms with E-state index in [4.69, 9.17) is 4.98 Å². The minimum Gasteiger partial charge on any atom is -0.307 e. The smallest absolute Gasteiger partial charge is 0.114 e. The molecule has 3 nitrogen and oxygen atoms in total. The standard InChI is InChI=1S/C14H25N3S/c1-10-7-14(15-5,9-17(10)6)12-16-11(8-18-12)13(2,3)4/h8,10,15H,7,9H2,1-6H3. The summed E-state index contributed by atoms with van der Waals surface area (Å²) in [6, 6.07) is 0.611. The fraction of sp³-hybridized carbons (Fsp3) is 0.786. The SMILES string of the molecule is CNC1(c2nc(C(C)(C)C)cs2)CC(C)N(C)C1. The van der Waals surface area contributed by atoms with Crippen LogP contribution in [0.2, 0.25) is 0 Å². The Balaban J connectivity index is 2.32. The molecule has 0 aromatic carbocycles. The molecule has 2 unspecified atom stereocenters. The van der Waals surface area contributed by atoms with Crippen molar-refractivity contribution in [3.8, 4) is 0 Å². The molecule has 1 fully saturated rings. The summed E-state index contributed by atoms with van der Waals surface area (Å²) in [5.41, 5.74) is 1.39. The Labute approximate surface area is 115 Å². The summed E-state index contributed by atoms with van der Waals surface area (Å²) >= 11 is 1.80. The average molecular weight is 267 g/mol. The second-order valence-corrected chi connectivity index (χ2v) is 7.45. The minimum absolute atomic E-state index is 0.0440. The Morgan fingerprint density at radius 1 is 1.50 bits per heavy atom. The summed E-state index contributed by atoms with van der Waals surface area (Å²) in [6.45, 7) is 10.0. The second-order valence-electron chi connectivity index (χ2n) is 6.59. The molecule has 4 heteroatoms. The highest BCUT2D eigenvalue weighted by molar-refractivity contribution is 7.09. The van der Waals surface area contributed by atoms with Gasteiger partial charge in [0.2, 0.25) is 0 Å². The highest BCUT2D eigenvalue weighted by Crippen LogP contribution is 2.37. The van der Waals surface area contributed by atoms with Gasteiger partial charge in [-0.05, 0) is 27.4 Å². The molecule has 2 heterocycles. The highest BCUT2D eigenvalue weighted by atomic mass is 32.1. The zero-order valence-corrected chi connectivity index (χ0v) is 13.2. The molecule has 2 atom stereocenters. The van der Waals surface area contributed by atoms with Crippen LogP contribution in [0.25, 0.3) is 0 Å². The molecule has 0 amide bonds. The average Bonchev–Trinajstić information content (AvgIpc) is 2.85. The first-order chi connectivity index (χ1) is 8.28. The van der Waals surface area contributed by atoms with E-state index < -0.39 is 0 Å². The molecule has 1 aromatic heterocycles. The van der Waals surface area contributed by atoms with Crippen molar-refractivity contribution in [2.75, 3.05) is 20.6 Å². The lowest BCUT2D eigenvalue weighted by Gasteiger charge is -2.26. The Bertz CT molecular complexity index is 409. The lowest BCUT2D eigenvalue weighted by atomic mass is 9.92. The van der Waals surface area contributed by atoms with Crippen LogP contribution < -0.4 is 5.32 Å². The van der Waals surface area contributed by atoms with Crippen LogP contribution in [0.5, 0.6) is 0 Å². The lowest BCUT2D eigenvalue weighted by molar-refractivity contribution is 0.307. The van der Waals surface area contributed by atoms with E-state index in [-0.39, 0.29) is 11.0 Å². The molecule has 18 heavy (non-hydrogen) atoms. The predicted octanol–water partition coefficient (Wildman–Crippen LogP) is 2.58. The Kier molecular flexibility index (Phi) is 3.56. The monoisotopic (exact) mass is 267 g/mol. The summed E-state index contributed by atoms with van der Waals surface area (Å²) in [5, 5.41) is 6.99. The highest BCUT2D eigenvalue weighted by Gasteiger charge is 2.43. The summed E-state index contributed by atoms with van der Waals surface area (Å²) in [6.07, 6.45) is 1.14. The number of nitrogens with one attached hydrogen (secondary N) is 1. The van der Waals surface area contributed by atoms with Gasteiger partial charge in [-0.1, -0.05) is 20.8 Å². The van der Waals surface area contributed by atoms with Crippen LogP contribution in [0.15, 0.2) is 5.38 Å². The fourth-order valence-electron chi connectivity index (χ4n) is 2.59. The van der Waals surface area contributed by atoms with E-state index in [0.29, 0.717) is 6.04 Å². The summed E-state index contributed by atoms with van der Waals surface area (Å²) in [7, 11) is 4.26. The number of nitrogens with zero attached hydrogens (tertiary/aromatic N) is 2. The first-order valence-corrected chi connectivity index (χ1v) is 7.52. The predicted molar refractivity (Wildman–Crippen MR) is 78.3 cm³/mol. The zero-order chi connectivity index (χ0) is 13.6. The first-order valence-electron chi connectivity index (χ1n) is 6.64. The maximum atomic E-state index is 4.90. The van der Waals surface area contributed by atoms with Crippen LogP contribution in [0.1, 0.15) is 44.8 Å². The topological polar surface area (TPSA) is 28.2 Å². The van der Waals surface area contributed by atoms with Crippen LogP contribution in [0, 0.1) is 0 Å². The summed E-state index contributed by atoms with van der Waals surface area (Å²) < 4.78 is 0. The number of likely N-dealkylation sites (N-methyl/N-ethyl adjacent to an activating group) is 2. The van der Waals surface area contributed by atoms with E-state index in [0.717, 1.165) is 13.0 Å². The van der Waals surface area contributed by atoms with Gasteiger partial charge >= 0.3 is 0 Å². The van der Waals surface area contributed by atoms with Crippen molar-refractivity contribution in [3.05, 3.63) is 16.1 Å². The quantitative estimate of drug-likeness (QED) is 0.892. The molecule has 0 aliphatic carbocycles. The number of hydrogen-bond donors (Lipinski definition) is 1. The van der Waals surface area contributed by atoms with Gasteiger partial charge in [-0.2, -0.15) is 0 Å². The molecule has 0 saturated carbocycles. The molecule has 1 aliphatic heterocycles. The van der Waals surface area contributed by atoms with Crippen LogP contribution >= 0.6 is 11.3 Å². The van der Waals surface area contributed by atoms with Crippen molar-refractivity contribution >= 4 is 11.3 Å². The zero-order valence-electron chi connectivity index (χ0n) is 12.4.